The van der Waals surface area contributed by atoms with E-state index in [1.807, 2.05) is 24.3 Å². The minimum absolute atomic E-state index is 0.432. The van der Waals surface area contributed by atoms with Gasteiger partial charge in [0.2, 0.25) is 0 Å². The number of ether oxygens (including phenoxy) is 1. The Kier molecular flexibility index (Phi) is 3.52. The number of anilines is 1. The van der Waals surface area contributed by atoms with Crippen molar-refractivity contribution in [3.63, 3.8) is 0 Å². The van der Waals surface area contributed by atoms with Gasteiger partial charge in [-0.1, -0.05) is 6.07 Å². The molecule has 0 bridgehead atoms. The highest BCUT2D eigenvalue weighted by molar-refractivity contribution is 5.51. The van der Waals surface area contributed by atoms with E-state index in [1.54, 1.807) is 7.11 Å². The molecule has 0 radical (unpaired) electrons. The highest BCUT2D eigenvalue weighted by Gasteiger charge is 2.30. The topological polar surface area (TPSA) is 38.5 Å². The van der Waals surface area contributed by atoms with E-state index in [0.29, 0.717) is 12.8 Å². The number of hydrogen-bond acceptors (Lipinski definition) is 3. The number of piperidine rings is 1. The standard InChI is InChI=1S/C13H19FN2O/c1-17-12-4-2-3-11(9-12)16-7-5-13(15,10-14)6-8-16/h2-4,9H,5-8,10,15H2,1H3. The number of rotatable bonds is 3. The molecule has 0 aliphatic carbocycles. The van der Waals surface area contributed by atoms with Crippen LogP contribution in [0.2, 0.25) is 0 Å². The molecule has 0 atom stereocenters. The molecule has 0 unspecified atom stereocenters. The van der Waals surface area contributed by atoms with Crippen LogP contribution in [-0.2, 0) is 0 Å². The first kappa shape index (κ1) is 12.2. The number of benzene rings is 1. The van der Waals surface area contributed by atoms with Gasteiger partial charge in [0, 0.05) is 30.4 Å². The summed E-state index contributed by atoms with van der Waals surface area (Å²) in [5.41, 5.74) is 6.43. The number of hydrogen-bond donors (Lipinski definition) is 1. The molecule has 0 amide bonds. The molecule has 17 heavy (non-hydrogen) atoms. The predicted molar refractivity (Wildman–Crippen MR) is 67.3 cm³/mol. The molecule has 0 spiro atoms. The summed E-state index contributed by atoms with van der Waals surface area (Å²) >= 11 is 0. The lowest BCUT2D eigenvalue weighted by molar-refractivity contribution is 0.255. The van der Waals surface area contributed by atoms with E-state index in [2.05, 4.69) is 4.90 Å². The molecule has 2 N–H and O–H groups in total. The summed E-state index contributed by atoms with van der Waals surface area (Å²) in [6.45, 7) is 1.17. The maximum atomic E-state index is 12.7. The van der Waals surface area contributed by atoms with Crippen LogP contribution < -0.4 is 15.4 Å². The summed E-state index contributed by atoms with van der Waals surface area (Å²) < 4.78 is 17.9. The Hall–Kier alpha value is -1.29. The van der Waals surface area contributed by atoms with Crippen LogP contribution >= 0.6 is 0 Å². The van der Waals surface area contributed by atoms with Crippen LogP contribution in [-0.4, -0.2) is 32.4 Å². The van der Waals surface area contributed by atoms with E-state index < -0.39 is 12.2 Å². The van der Waals surface area contributed by atoms with Gasteiger partial charge in [-0.25, -0.2) is 4.39 Å². The molecule has 1 aliphatic rings. The number of nitrogens with two attached hydrogens (primary N) is 1. The van der Waals surface area contributed by atoms with Crippen LogP contribution in [0.4, 0.5) is 10.1 Å². The predicted octanol–water partition coefficient (Wildman–Crippen LogP) is 1.96. The Balaban J connectivity index is 2.05. The summed E-state index contributed by atoms with van der Waals surface area (Å²) in [7, 11) is 1.66. The second-order valence-corrected chi connectivity index (χ2v) is 4.68. The molecular weight excluding hydrogens is 219 g/mol. The van der Waals surface area contributed by atoms with Crippen molar-refractivity contribution in [3.8, 4) is 5.75 Å². The number of halogens is 1. The maximum absolute atomic E-state index is 12.7. The van der Waals surface area contributed by atoms with Gasteiger partial charge < -0.3 is 15.4 Å². The molecule has 1 saturated heterocycles. The zero-order valence-electron chi connectivity index (χ0n) is 10.2. The van der Waals surface area contributed by atoms with E-state index in [-0.39, 0.29) is 0 Å². The highest BCUT2D eigenvalue weighted by Crippen LogP contribution is 2.27. The Bertz CT molecular complexity index is 375. The molecule has 4 heteroatoms. The lowest BCUT2D eigenvalue weighted by atomic mass is 9.90. The third kappa shape index (κ3) is 2.69. The van der Waals surface area contributed by atoms with E-state index in [9.17, 15) is 4.39 Å². The zero-order valence-corrected chi connectivity index (χ0v) is 10.2. The zero-order chi connectivity index (χ0) is 12.3. The van der Waals surface area contributed by atoms with Gasteiger partial charge in [0.1, 0.15) is 12.4 Å². The van der Waals surface area contributed by atoms with Crippen LogP contribution in [0.25, 0.3) is 0 Å². The maximum Gasteiger partial charge on any atom is 0.120 e. The van der Waals surface area contributed by atoms with Crippen LogP contribution in [0.3, 0.4) is 0 Å². The average molecular weight is 238 g/mol. The van der Waals surface area contributed by atoms with Crippen molar-refractivity contribution in [1.29, 1.82) is 0 Å². The van der Waals surface area contributed by atoms with E-state index >= 15 is 0 Å². The third-order valence-electron chi connectivity index (χ3n) is 3.44. The fraction of sp³-hybridized carbons (Fsp3) is 0.538. The first-order valence-corrected chi connectivity index (χ1v) is 5.91. The van der Waals surface area contributed by atoms with Gasteiger partial charge in [-0.3, -0.25) is 0 Å². The van der Waals surface area contributed by atoms with Gasteiger partial charge in [-0.15, -0.1) is 0 Å². The molecule has 2 rings (SSSR count). The largest absolute Gasteiger partial charge is 0.497 e. The molecule has 0 aromatic heterocycles. The van der Waals surface area contributed by atoms with Crippen LogP contribution in [0.15, 0.2) is 24.3 Å². The SMILES string of the molecule is COc1cccc(N2CCC(N)(CF)CC2)c1. The van der Waals surface area contributed by atoms with Gasteiger partial charge in [-0.2, -0.15) is 0 Å². The van der Waals surface area contributed by atoms with Gasteiger partial charge in [0.05, 0.1) is 7.11 Å². The Morgan fingerprint density at radius 1 is 1.41 bits per heavy atom. The van der Waals surface area contributed by atoms with Gasteiger partial charge in [-0.05, 0) is 25.0 Å². The van der Waals surface area contributed by atoms with Crippen molar-refractivity contribution in [2.75, 3.05) is 31.8 Å². The third-order valence-corrected chi connectivity index (χ3v) is 3.44. The minimum Gasteiger partial charge on any atom is -0.497 e. The van der Waals surface area contributed by atoms with Crippen LogP contribution in [0.1, 0.15) is 12.8 Å². The second kappa shape index (κ2) is 4.92. The molecule has 1 aromatic rings. The molecule has 1 heterocycles. The summed E-state index contributed by atoms with van der Waals surface area (Å²) in [4.78, 5) is 2.23. The van der Waals surface area contributed by atoms with Crippen molar-refractivity contribution in [1.82, 2.24) is 0 Å². The van der Waals surface area contributed by atoms with E-state index in [0.717, 1.165) is 24.5 Å². The second-order valence-electron chi connectivity index (χ2n) is 4.68. The molecular formula is C13H19FN2O. The fourth-order valence-electron chi connectivity index (χ4n) is 2.15. The first-order valence-electron chi connectivity index (χ1n) is 5.91. The molecule has 0 saturated carbocycles. The summed E-state index contributed by atoms with van der Waals surface area (Å²) in [5, 5.41) is 0. The average Bonchev–Trinajstić information content (AvgIpc) is 2.40. The molecule has 94 valence electrons. The normalized spacial score (nSPS) is 19.1. The molecule has 3 nitrogen and oxygen atoms in total. The fourth-order valence-corrected chi connectivity index (χ4v) is 2.15. The van der Waals surface area contributed by atoms with Crippen molar-refractivity contribution in [2.24, 2.45) is 5.73 Å². The lowest BCUT2D eigenvalue weighted by Gasteiger charge is -2.38. The van der Waals surface area contributed by atoms with Crippen LogP contribution in [0.5, 0.6) is 5.75 Å². The van der Waals surface area contributed by atoms with Gasteiger partial charge in [0.15, 0.2) is 0 Å². The Morgan fingerprint density at radius 2 is 2.12 bits per heavy atom. The number of methoxy groups -OCH3 is 1. The van der Waals surface area contributed by atoms with Gasteiger partial charge in [0.25, 0.3) is 0 Å². The van der Waals surface area contributed by atoms with Crippen LogP contribution in [0, 0.1) is 0 Å². The van der Waals surface area contributed by atoms with Crippen molar-refractivity contribution < 1.29 is 9.13 Å². The summed E-state index contributed by atoms with van der Waals surface area (Å²) in [6, 6.07) is 7.93. The van der Waals surface area contributed by atoms with Crippen molar-refractivity contribution in [3.05, 3.63) is 24.3 Å². The Morgan fingerprint density at radius 3 is 2.71 bits per heavy atom. The lowest BCUT2D eigenvalue weighted by Crippen LogP contribution is -2.52. The summed E-state index contributed by atoms with van der Waals surface area (Å²) in [5.74, 6) is 0.845. The Labute approximate surface area is 101 Å². The van der Waals surface area contributed by atoms with Crippen molar-refractivity contribution >= 4 is 5.69 Å². The van der Waals surface area contributed by atoms with Crippen molar-refractivity contribution in [2.45, 2.75) is 18.4 Å². The molecule has 1 fully saturated rings. The first-order chi connectivity index (χ1) is 8.17. The highest BCUT2D eigenvalue weighted by atomic mass is 19.1. The van der Waals surface area contributed by atoms with E-state index in [4.69, 9.17) is 10.5 Å². The number of nitrogens with zero attached hydrogens (tertiary/aromatic N) is 1. The smallest absolute Gasteiger partial charge is 0.120 e. The molecule has 1 aromatic carbocycles. The van der Waals surface area contributed by atoms with Gasteiger partial charge >= 0.3 is 0 Å². The number of alkyl halides is 1. The van der Waals surface area contributed by atoms with E-state index in [1.165, 1.54) is 0 Å². The minimum atomic E-state index is -0.616. The quantitative estimate of drug-likeness (QED) is 0.875. The summed E-state index contributed by atoms with van der Waals surface area (Å²) in [6.07, 6.45) is 1.39. The monoisotopic (exact) mass is 238 g/mol. The molecule has 1 aliphatic heterocycles.